The molecule has 5 rings (SSSR count). The van der Waals surface area contributed by atoms with Crippen molar-refractivity contribution in [2.75, 3.05) is 36.0 Å². The van der Waals surface area contributed by atoms with Crippen LogP contribution in [0.4, 0.5) is 25.0 Å². The molecule has 4 aliphatic rings. The molecule has 156 valence electrons. The first-order valence-corrected chi connectivity index (χ1v) is 9.77. The van der Waals surface area contributed by atoms with E-state index in [1.165, 1.54) is 11.0 Å². The number of rotatable bonds is 3. The summed E-state index contributed by atoms with van der Waals surface area (Å²) in [5, 5.41) is 12.2. The molecule has 1 unspecified atom stereocenters. The van der Waals surface area contributed by atoms with Gasteiger partial charge in [0, 0.05) is 32.1 Å². The lowest BCUT2D eigenvalue weighted by Crippen LogP contribution is -2.48. The van der Waals surface area contributed by atoms with Crippen LogP contribution in [-0.2, 0) is 20.7 Å². The number of carboxylic acid groups (broad SMARTS) is 1. The second-order valence-electron chi connectivity index (χ2n) is 7.92. The number of nitrogens with one attached hydrogen (secondary N) is 1. The van der Waals surface area contributed by atoms with Gasteiger partial charge >= 0.3 is 6.16 Å². The van der Waals surface area contributed by atoms with Gasteiger partial charge in [0.05, 0.1) is 24.4 Å². The van der Waals surface area contributed by atoms with Gasteiger partial charge in [-0.25, -0.2) is 13.6 Å². The predicted molar refractivity (Wildman–Crippen MR) is 97.2 cm³/mol. The molecule has 8 nitrogen and oxygen atoms in total. The van der Waals surface area contributed by atoms with E-state index in [0.29, 0.717) is 39.1 Å². The van der Waals surface area contributed by atoms with Crippen molar-refractivity contribution in [3.63, 3.8) is 0 Å². The van der Waals surface area contributed by atoms with Crippen molar-refractivity contribution in [2.24, 2.45) is 0 Å². The Kier molecular flexibility index (Phi) is 4.36. The maximum atomic E-state index is 15.7. The molecule has 0 radical (unpaired) electrons. The topological polar surface area (TPSA) is 91.3 Å². The van der Waals surface area contributed by atoms with Gasteiger partial charge in [-0.05, 0) is 24.5 Å². The number of fused-ring (bicyclic) bond motifs is 2. The second-order valence-corrected chi connectivity index (χ2v) is 7.92. The second kappa shape index (κ2) is 6.81. The SMILES string of the molecule is O=C(O)OC1Cc2cc(F)c(N3C[C@@H]4OCCN[C@@H]4C3)c(F)c2N(C2CC2)C1=O. The van der Waals surface area contributed by atoms with Crippen LogP contribution in [-0.4, -0.2) is 67.7 Å². The largest absolute Gasteiger partial charge is 0.506 e. The molecule has 29 heavy (non-hydrogen) atoms. The molecule has 10 heteroatoms. The monoisotopic (exact) mass is 409 g/mol. The van der Waals surface area contributed by atoms with Crippen molar-refractivity contribution in [2.45, 2.75) is 43.6 Å². The Bertz CT molecular complexity index is 864. The zero-order chi connectivity index (χ0) is 20.3. The van der Waals surface area contributed by atoms with Crippen molar-refractivity contribution < 1.29 is 33.0 Å². The van der Waals surface area contributed by atoms with Crippen LogP contribution < -0.4 is 15.1 Å². The number of morpholine rings is 1. The van der Waals surface area contributed by atoms with Crippen LogP contribution in [0.2, 0.25) is 0 Å². The van der Waals surface area contributed by atoms with Crippen molar-refractivity contribution in [1.29, 1.82) is 0 Å². The molecule has 0 aromatic heterocycles. The minimum absolute atomic E-state index is 0.00639. The number of carbonyl (C=O) groups is 2. The average Bonchev–Trinajstić information content (AvgIpc) is 3.41. The summed E-state index contributed by atoms with van der Waals surface area (Å²) in [6.45, 7) is 2.00. The Morgan fingerprint density at radius 3 is 2.76 bits per heavy atom. The van der Waals surface area contributed by atoms with Crippen LogP contribution in [0.3, 0.4) is 0 Å². The maximum Gasteiger partial charge on any atom is 0.506 e. The van der Waals surface area contributed by atoms with E-state index in [0.717, 1.165) is 0 Å². The van der Waals surface area contributed by atoms with Gasteiger partial charge in [0.1, 0.15) is 11.5 Å². The summed E-state index contributed by atoms with van der Waals surface area (Å²) in [5.74, 6) is -2.12. The number of halogens is 2. The summed E-state index contributed by atoms with van der Waals surface area (Å²) in [7, 11) is 0. The Hall–Kier alpha value is -2.46. The number of benzene rings is 1. The first-order chi connectivity index (χ1) is 13.9. The van der Waals surface area contributed by atoms with Crippen molar-refractivity contribution in [3.8, 4) is 0 Å². The van der Waals surface area contributed by atoms with Gasteiger partial charge in [0.2, 0.25) is 0 Å². The van der Waals surface area contributed by atoms with E-state index >= 15 is 4.39 Å². The van der Waals surface area contributed by atoms with Crippen LogP contribution in [0, 0.1) is 11.6 Å². The lowest BCUT2D eigenvalue weighted by Gasteiger charge is -2.35. The minimum Gasteiger partial charge on any atom is -0.450 e. The quantitative estimate of drug-likeness (QED) is 0.727. The number of anilines is 2. The molecular formula is C19H21F2N3O5. The Balaban J connectivity index is 1.54. The lowest BCUT2D eigenvalue weighted by atomic mass is 9.96. The standard InChI is InChI=1S/C19H21F2N3O5/c20-11-5-9-6-13(29-19(26)27)18(25)24(10-1-2-10)16(9)15(21)17(11)23-7-12-14(8-23)28-4-3-22-12/h5,10,12-14,22H,1-4,6-8H2,(H,26,27)/t12-,13?,14+/m1/s1. The molecule has 0 bridgehead atoms. The van der Waals surface area contributed by atoms with Crippen molar-refractivity contribution >= 4 is 23.4 Å². The van der Waals surface area contributed by atoms with E-state index in [9.17, 15) is 14.0 Å². The fourth-order valence-corrected chi connectivity index (χ4v) is 4.59. The highest BCUT2D eigenvalue weighted by atomic mass is 19.1. The molecule has 1 saturated carbocycles. The normalized spacial score (nSPS) is 28.9. The molecular weight excluding hydrogens is 388 g/mol. The minimum atomic E-state index is -1.59. The van der Waals surface area contributed by atoms with Crippen LogP contribution in [0.25, 0.3) is 0 Å². The molecule has 3 atom stereocenters. The molecule has 3 fully saturated rings. The summed E-state index contributed by atoms with van der Waals surface area (Å²) in [4.78, 5) is 26.6. The van der Waals surface area contributed by atoms with E-state index < -0.39 is 29.8 Å². The van der Waals surface area contributed by atoms with Gasteiger partial charge in [0.25, 0.3) is 5.91 Å². The molecule has 3 aliphatic heterocycles. The summed E-state index contributed by atoms with van der Waals surface area (Å²) in [6.07, 6.45) is -1.85. The third kappa shape index (κ3) is 3.10. The number of hydrogen-bond acceptors (Lipinski definition) is 6. The van der Waals surface area contributed by atoms with Gasteiger partial charge in [0.15, 0.2) is 11.9 Å². The van der Waals surface area contributed by atoms with Crippen LogP contribution in [0.1, 0.15) is 18.4 Å². The van der Waals surface area contributed by atoms with Crippen molar-refractivity contribution in [3.05, 3.63) is 23.3 Å². The molecule has 1 aromatic carbocycles. The lowest BCUT2D eigenvalue weighted by molar-refractivity contribution is -0.128. The molecule has 2 N–H and O–H groups in total. The third-order valence-electron chi connectivity index (χ3n) is 5.98. The summed E-state index contributed by atoms with van der Waals surface area (Å²) < 4.78 is 41.0. The smallest absolute Gasteiger partial charge is 0.450 e. The van der Waals surface area contributed by atoms with Gasteiger partial charge in [-0.3, -0.25) is 4.79 Å². The summed E-state index contributed by atoms with van der Waals surface area (Å²) >= 11 is 0. The molecule has 1 amide bonds. The fraction of sp³-hybridized carbons (Fsp3) is 0.579. The molecule has 0 spiro atoms. The Morgan fingerprint density at radius 2 is 2.07 bits per heavy atom. The van der Waals surface area contributed by atoms with E-state index in [-0.39, 0.29) is 41.5 Å². The number of amides is 1. The zero-order valence-corrected chi connectivity index (χ0v) is 15.6. The predicted octanol–water partition coefficient (Wildman–Crippen LogP) is 1.26. The summed E-state index contributed by atoms with van der Waals surface area (Å²) in [6, 6.07) is 0.970. The summed E-state index contributed by atoms with van der Waals surface area (Å²) in [5.41, 5.74) is 0.120. The average molecular weight is 409 g/mol. The Morgan fingerprint density at radius 1 is 1.28 bits per heavy atom. The molecule has 1 aromatic rings. The van der Waals surface area contributed by atoms with E-state index in [2.05, 4.69) is 10.1 Å². The zero-order valence-electron chi connectivity index (χ0n) is 15.6. The van der Waals surface area contributed by atoms with Crippen LogP contribution >= 0.6 is 0 Å². The van der Waals surface area contributed by atoms with Crippen molar-refractivity contribution in [1.82, 2.24) is 5.32 Å². The number of hydrogen-bond donors (Lipinski definition) is 2. The highest BCUT2D eigenvalue weighted by Gasteiger charge is 2.46. The Labute approximate surface area is 165 Å². The molecule has 1 aliphatic carbocycles. The van der Waals surface area contributed by atoms with Gasteiger partial charge in [-0.1, -0.05) is 0 Å². The van der Waals surface area contributed by atoms with Crippen LogP contribution in [0.15, 0.2) is 6.07 Å². The molecule has 2 saturated heterocycles. The molecule has 3 heterocycles. The van der Waals surface area contributed by atoms with E-state index in [1.807, 2.05) is 0 Å². The van der Waals surface area contributed by atoms with Crippen LogP contribution in [0.5, 0.6) is 0 Å². The van der Waals surface area contributed by atoms with E-state index in [1.54, 1.807) is 4.90 Å². The number of nitrogens with zero attached hydrogens (tertiary/aromatic N) is 2. The number of ether oxygens (including phenoxy) is 2. The van der Waals surface area contributed by atoms with Gasteiger partial charge in [-0.2, -0.15) is 0 Å². The first-order valence-electron chi connectivity index (χ1n) is 9.77. The van der Waals surface area contributed by atoms with E-state index in [4.69, 9.17) is 9.84 Å². The van der Waals surface area contributed by atoms with Gasteiger partial charge in [-0.15, -0.1) is 0 Å². The fourth-order valence-electron chi connectivity index (χ4n) is 4.59. The van der Waals surface area contributed by atoms with Gasteiger partial charge < -0.3 is 29.7 Å². The number of carbonyl (C=O) groups excluding carboxylic acids is 1. The highest BCUT2D eigenvalue weighted by molar-refractivity contribution is 6.02. The highest BCUT2D eigenvalue weighted by Crippen LogP contribution is 2.44. The maximum absolute atomic E-state index is 15.7. The third-order valence-corrected chi connectivity index (χ3v) is 5.98. The first kappa shape index (κ1) is 18.6.